The number of rotatable bonds is 8. The van der Waals surface area contributed by atoms with Gasteiger partial charge in [0, 0.05) is 13.0 Å². The van der Waals surface area contributed by atoms with Gasteiger partial charge < -0.3 is 14.4 Å². The van der Waals surface area contributed by atoms with Crippen molar-refractivity contribution in [2.24, 2.45) is 5.92 Å². The molecule has 1 heterocycles. The highest BCUT2D eigenvalue weighted by molar-refractivity contribution is 5.88. The largest absolute Gasteiger partial charge is 0.478 e. The Bertz CT molecular complexity index is 486. The zero-order chi connectivity index (χ0) is 16.0. The minimum absolute atomic E-state index is 0.0417. The highest BCUT2D eigenvalue weighted by Crippen LogP contribution is 2.20. The van der Waals surface area contributed by atoms with Gasteiger partial charge in [-0.2, -0.15) is 0 Å². The van der Waals surface area contributed by atoms with Crippen LogP contribution in [0.15, 0.2) is 10.5 Å². The van der Waals surface area contributed by atoms with E-state index in [2.05, 4.69) is 13.8 Å². The van der Waals surface area contributed by atoms with Crippen LogP contribution >= 0.6 is 0 Å². The fourth-order valence-electron chi connectivity index (χ4n) is 2.55. The van der Waals surface area contributed by atoms with Crippen LogP contribution in [-0.2, 0) is 11.3 Å². The lowest BCUT2D eigenvalue weighted by molar-refractivity contribution is -0.135. The zero-order valence-corrected chi connectivity index (χ0v) is 13.3. The summed E-state index contributed by atoms with van der Waals surface area (Å²) < 4.78 is 5.42. The topological polar surface area (TPSA) is 70.8 Å². The summed E-state index contributed by atoms with van der Waals surface area (Å²) in [6, 6.07) is 1.50. The van der Waals surface area contributed by atoms with Gasteiger partial charge in [-0.15, -0.1) is 0 Å². The van der Waals surface area contributed by atoms with Crippen molar-refractivity contribution in [3.05, 3.63) is 23.2 Å². The number of carboxylic acids is 1. The second kappa shape index (κ2) is 7.86. The Morgan fingerprint density at radius 3 is 2.29 bits per heavy atom. The first-order valence-electron chi connectivity index (χ1n) is 7.48. The minimum atomic E-state index is -1.01. The number of amides is 1. The summed E-state index contributed by atoms with van der Waals surface area (Å²) in [4.78, 5) is 25.0. The van der Waals surface area contributed by atoms with E-state index in [0.29, 0.717) is 18.1 Å². The summed E-state index contributed by atoms with van der Waals surface area (Å²) in [5.41, 5.74) is 0.157. The lowest BCUT2D eigenvalue weighted by Gasteiger charge is -2.22. The third-order valence-corrected chi connectivity index (χ3v) is 3.59. The molecule has 1 rings (SSSR count). The molecule has 0 radical (unpaired) electrons. The van der Waals surface area contributed by atoms with Crippen LogP contribution in [0.5, 0.6) is 0 Å². The van der Waals surface area contributed by atoms with Crippen LogP contribution in [0.4, 0.5) is 0 Å². The average Bonchev–Trinajstić information content (AvgIpc) is 2.78. The molecule has 1 N–H and O–H groups in total. The molecule has 0 spiro atoms. The highest BCUT2D eigenvalue weighted by atomic mass is 16.4. The van der Waals surface area contributed by atoms with Gasteiger partial charge in [0.25, 0.3) is 0 Å². The van der Waals surface area contributed by atoms with Crippen molar-refractivity contribution in [3.8, 4) is 0 Å². The fraction of sp³-hybridized carbons (Fsp3) is 0.625. The molecule has 1 amide bonds. The Balaban J connectivity index is 2.75. The Morgan fingerprint density at radius 1 is 1.29 bits per heavy atom. The molecule has 0 saturated heterocycles. The predicted octanol–water partition coefficient (Wildman–Crippen LogP) is 3.46. The quantitative estimate of drug-likeness (QED) is 0.797. The number of carboxylic acid groups (broad SMARTS) is 1. The Labute approximate surface area is 125 Å². The lowest BCUT2D eigenvalue weighted by atomic mass is 9.97. The van der Waals surface area contributed by atoms with Gasteiger partial charge in [0.2, 0.25) is 5.91 Å². The summed E-state index contributed by atoms with van der Waals surface area (Å²) >= 11 is 0. The van der Waals surface area contributed by atoms with Crippen molar-refractivity contribution < 1.29 is 19.1 Å². The average molecular weight is 295 g/mol. The van der Waals surface area contributed by atoms with E-state index in [9.17, 15) is 9.59 Å². The van der Waals surface area contributed by atoms with E-state index in [1.165, 1.54) is 6.07 Å². The third-order valence-electron chi connectivity index (χ3n) is 3.59. The summed E-state index contributed by atoms with van der Waals surface area (Å²) in [6.07, 6.45) is 3.73. The minimum Gasteiger partial charge on any atom is -0.478 e. The van der Waals surface area contributed by atoms with E-state index in [0.717, 1.165) is 25.7 Å². The number of hydrogen-bond donors (Lipinski definition) is 1. The van der Waals surface area contributed by atoms with E-state index in [1.807, 2.05) is 0 Å². The third kappa shape index (κ3) is 4.62. The molecule has 0 unspecified atom stereocenters. The van der Waals surface area contributed by atoms with Crippen LogP contribution in [-0.4, -0.2) is 28.9 Å². The van der Waals surface area contributed by atoms with E-state index >= 15 is 0 Å². The first kappa shape index (κ1) is 17.3. The maximum absolute atomic E-state index is 12.4. The van der Waals surface area contributed by atoms with E-state index in [4.69, 9.17) is 9.52 Å². The number of furan rings is 1. The predicted molar refractivity (Wildman–Crippen MR) is 80.2 cm³/mol. The number of carbonyl (C=O) groups excluding carboxylic acids is 1. The second-order valence-electron chi connectivity index (χ2n) is 5.46. The van der Waals surface area contributed by atoms with Crippen LogP contribution < -0.4 is 0 Å². The first-order valence-corrected chi connectivity index (χ1v) is 7.48. The van der Waals surface area contributed by atoms with Gasteiger partial charge in [0.05, 0.1) is 6.54 Å². The number of aromatic carboxylic acids is 1. The van der Waals surface area contributed by atoms with Gasteiger partial charge in [0.15, 0.2) is 0 Å². The Kier molecular flexibility index (Phi) is 6.46. The standard InChI is InChI=1S/C16H25NO4/c1-5-7-12(8-6-2)15(18)17(4)10-13-9-14(16(19)20)11(3)21-13/h9,12H,5-8,10H2,1-4H3,(H,19,20). The van der Waals surface area contributed by atoms with Crippen LogP contribution in [0.1, 0.15) is 61.4 Å². The molecule has 1 aromatic heterocycles. The monoisotopic (exact) mass is 295 g/mol. The normalized spacial score (nSPS) is 10.9. The van der Waals surface area contributed by atoms with Gasteiger partial charge in [-0.05, 0) is 25.8 Å². The smallest absolute Gasteiger partial charge is 0.339 e. The van der Waals surface area contributed by atoms with Crippen molar-refractivity contribution >= 4 is 11.9 Å². The van der Waals surface area contributed by atoms with E-state index in [-0.39, 0.29) is 17.4 Å². The van der Waals surface area contributed by atoms with Crippen molar-refractivity contribution in [2.45, 2.75) is 53.0 Å². The molecule has 0 aliphatic carbocycles. The highest BCUT2D eigenvalue weighted by Gasteiger charge is 2.22. The molecule has 0 saturated carbocycles. The number of hydrogen-bond acceptors (Lipinski definition) is 3. The fourth-order valence-corrected chi connectivity index (χ4v) is 2.55. The van der Waals surface area contributed by atoms with Gasteiger partial charge in [-0.25, -0.2) is 4.79 Å². The van der Waals surface area contributed by atoms with Crippen molar-refractivity contribution in [1.82, 2.24) is 4.90 Å². The molecule has 0 fully saturated rings. The molecular weight excluding hydrogens is 270 g/mol. The first-order chi connectivity index (χ1) is 9.90. The number of carbonyl (C=O) groups is 2. The summed E-state index contributed by atoms with van der Waals surface area (Å²) in [7, 11) is 1.74. The molecule has 21 heavy (non-hydrogen) atoms. The van der Waals surface area contributed by atoms with Crippen LogP contribution in [0.3, 0.4) is 0 Å². The van der Waals surface area contributed by atoms with Crippen LogP contribution in [0, 0.1) is 12.8 Å². The summed E-state index contributed by atoms with van der Waals surface area (Å²) in [6.45, 7) is 6.07. The Hall–Kier alpha value is -1.78. The molecular formula is C16H25NO4. The van der Waals surface area contributed by atoms with E-state index in [1.54, 1.807) is 18.9 Å². The van der Waals surface area contributed by atoms with E-state index < -0.39 is 5.97 Å². The van der Waals surface area contributed by atoms with Gasteiger partial charge >= 0.3 is 5.97 Å². The SMILES string of the molecule is CCCC(CCC)C(=O)N(C)Cc1cc(C(=O)O)c(C)o1. The zero-order valence-electron chi connectivity index (χ0n) is 13.3. The maximum atomic E-state index is 12.4. The van der Waals surface area contributed by atoms with Crippen molar-refractivity contribution in [1.29, 1.82) is 0 Å². The molecule has 0 aliphatic rings. The van der Waals surface area contributed by atoms with Gasteiger partial charge in [-0.3, -0.25) is 4.79 Å². The lowest BCUT2D eigenvalue weighted by Crippen LogP contribution is -2.32. The number of aryl methyl sites for hydroxylation is 1. The molecule has 5 nitrogen and oxygen atoms in total. The summed E-state index contributed by atoms with van der Waals surface area (Å²) in [5.74, 6) is 0.0143. The van der Waals surface area contributed by atoms with Gasteiger partial charge in [-0.1, -0.05) is 26.7 Å². The molecule has 1 aromatic rings. The maximum Gasteiger partial charge on any atom is 0.339 e. The molecule has 0 bridgehead atoms. The van der Waals surface area contributed by atoms with Crippen LogP contribution in [0.25, 0.3) is 0 Å². The van der Waals surface area contributed by atoms with Crippen LogP contribution in [0.2, 0.25) is 0 Å². The van der Waals surface area contributed by atoms with Crippen molar-refractivity contribution in [3.63, 3.8) is 0 Å². The molecule has 0 atom stereocenters. The summed E-state index contributed by atoms with van der Waals surface area (Å²) in [5, 5.41) is 9.01. The second-order valence-corrected chi connectivity index (χ2v) is 5.46. The van der Waals surface area contributed by atoms with Gasteiger partial charge in [0.1, 0.15) is 17.1 Å². The Morgan fingerprint density at radius 2 is 1.86 bits per heavy atom. The molecule has 5 heteroatoms. The van der Waals surface area contributed by atoms with Crippen molar-refractivity contribution in [2.75, 3.05) is 7.05 Å². The molecule has 0 aliphatic heterocycles. The molecule has 118 valence electrons. The molecule has 0 aromatic carbocycles. The number of nitrogens with zero attached hydrogens (tertiary/aromatic N) is 1.